The molecule has 8 nitrogen and oxygen atoms in total. The lowest BCUT2D eigenvalue weighted by molar-refractivity contribution is -0.384. The van der Waals surface area contributed by atoms with Gasteiger partial charge in [-0.1, -0.05) is 19.3 Å². The highest BCUT2D eigenvalue weighted by Gasteiger charge is 2.35. The van der Waals surface area contributed by atoms with Gasteiger partial charge in [0.15, 0.2) is 0 Å². The molecule has 0 aromatic heterocycles. The minimum absolute atomic E-state index is 0.0262. The van der Waals surface area contributed by atoms with E-state index in [1.54, 1.807) is 24.1 Å². The Hall–Kier alpha value is -3.42. The minimum Gasteiger partial charge on any atom is -0.497 e. The Balaban J connectivity index is 1.90. The summed E-state index contributed by atoms with van der Waals surface area (Å²) in [6.07, 6.45) is 5.61. The molecule has 4 rings (SSSR count). The molecule has 0 N–H and O–H groups in total. The Bertz CT molecular complexity index is 1040. The summed E-state index contributed by atoms with van der Waals surface area (Å²) in [5.74, 6) is 0.909. The molecule has 8 heteroatoms. The minimum atomic E-state index is -0.449. The molecule has 0 radical (unpaired) electrons. The average Bonchev–Trinajstić information content (AvgIpc) is 2.93. The van der Waals surface area contributed by atoms with E-state index >= 15 is 0 Å². The van der Waals surface area contributed by atoms with Gasteiger partial charge in [-0.15, -0.1) is 0 Å². The number of nitro groups is 1. The number of fused-ring (bicyclic) bond motifs is 1. The second-order valence-corrected chi connectivity index (χ2v) is 8.53. The van der Waals surface area contributed by atoms with Gasteiger partial charge in [0.25, 0.3) is 5.69 Å². The molecule has 1 aliphatic heterocycles. The van der Waals surface area contributed by atoms with Crippen LogP contribution in [-0.2, 0) is 0 Å². The molecule has 0 atom stereocenters. The van der Waals surface area contributed by atoms with Crippen molar-refractivity contribution in [1.29, 1.82) is 0 Å². The molecule has 0 bridgehead atoms. The van der Waals surface area contributed by atoms with Gasteiger partial charge >= 0.3 is 6.03 Å². The molecule has 2 aromatic rings. The molecule has 1 heterocycles. The van der Waals surface area contributed by atoms with Crippen LogP contribution in [0.1, 0.15) is 51.5 Å². The molecule has 2 aromatic carbocycles. The summed E-state index contributed by atoms with van der Waals surface area (Å²) in [6, 6.07) is 11.3. The molecule has 2 amide bonds. The van der Waals surface area contributed by atoms with Crippen molar-refractivity contribution in [2.75, 3.05) is 12.0 Å². The lowest BCUT2D eigenvalue weighted by atomic mass is 9.83. The van der Waals surface area contributed by atoms with Crippen molar-refractivity contribution in [3.8, 4) is 5.75 Å². The van der Waals surface area contributed by atoms with Crippen molar-refractivity contribution < 1.29 is 14.5 Å². The Labute approximate surface area is 187 Å². The van der Waals surface area contributed by atoms with E-state index in [4.69, 9.17) is 9.84 Å². The number of nitrogens with zero attached hydrogens (tertiary/aromatic N) is 4. The number of ether oxygens (including phenoxy) is 1. The molecule has 1 fully saturated rings. The number of amides is 2. The Morgan fingerprint density at radius 3 is 2.38 bits per heavy atom. The number of carbonyl (C=O) groups is 1. The summed E-state index contributed by atoms with van der Waals surface area (Å²) in [4.78, 5) is 26.0. The monoisotopic (exact) mass is 436 g/mol. The van der Waals surface area contributed by atoms with E-state index in [0.717, 1.165) is 37.0 Å². The third-order valence-corrected chi connectivity index (χ3v) is 6.12. The molecule has 0 spiro atoms. The predicted molar refractivity (Wildman–Crippen MR) is 124 cm³/mol. The summed E-state index contributed by atoms with van der Waals surface area (Å²) in [6.45, 7) is 3.87. The molecule has 168 valence electrons. The molecule has 2 aliphatic rings. The van der Waals surface area contributed by atoms with Crippen molar-refractivity contribution >= 4 is 28.8 Å². The third-order valence-electron chi connectivity index (χ3n) is 6.12. The van der Waals surface area contributed by atoms with E-state index < -0.39 is 4.92 Å². The number of rotatable bonds is 5. The first kappa shape index (κ1) is 21.8. The fraction of sp³-hybridized carbons (Fsp3) is 0.417. The van der Waals surface area contributed by atoms with Crippen LogP contribution in [0.2, 0.25) is 0 Å². The molecule has 0 saturated heterocycles. The summed E-state index contributed by atoms with van der Waals surface area (Å²) >= 11 is 0. The van der Waals surface area contributed by atoms with Crippen molar-refractivity contribution in [2.24, 2.45) is 11.0 Å². The number of hydrazone groups is 1. The summed E-state index contributed by atoms with van der Waals surface area (Å²) in [5.41, 5.74) is 3.01. The Kier molecular flexibility index (Phi) is 6.12. The van der Waals surface area contributed by atoms with Crippen LogP contribution in [0.3, 0.4) is 0 Å². The van der Waals surface area contributed by atoms with Crippen LogP contribution < -0.4 is 9.64 Å². The summed E-state index contributed by atoms with van der Waals surface area (Å²) in [5, 5.41) is 17.6. The first-order valence-corrected chi connectivity index (χ1v) is 11.1. The van der Waals surface area contributed by atoms with E-state index in [2.05, 4.69) is 0 Å². The summed E-state index contributed by atoms with van der Waals surface area (Å²) < 4.78 is 5.47. The van der Waals surface area contributed by atoms with E-state index in [1.165, 1.54) is 23.6 Å². The first-order valence-electron chi connectivity index (χ1n) is 11.1. The van der Waals surface area contributed by atoms with Crippen molar-refractivity contribution in [1.82, 2.24) is 5.01 Å². The highest BCUT2D eigenvalue weighted by atomic mass is 16.6. The maximum atomic E-state index is 13.8. The van der Waals surface area contributed by atoms with Crippen LogP contribution in [0, 0.1) is 16.0 Å². The number of carbonyl (C=O) groups excluding carboxylic acids is 1. The quantitative estimate of drug-likeness (QED) is 0.433. The number of benzene rings is 2. The van der Waals surface area contributed by atoms with Gasteiger partial charge in [-0.25, -0.2) is 9.80 Å². The van der Waals surface area contributed by atoms with Crippen LogP contribution >= 0.6 is 0 Å². The molecular formula is C24H28N4O4. The van der Waals surface area contributed by atoms with E-state index in [1.807, 2.05) is 32.0 Å². The highest BCUT2D eigenvalue weighted by Crippen LogP contribution is 2.39. The number of hydrogen-bond acceptors (Lipinski definition) is 5. The van der Waals surface area contributed by atoms with Crippen molar-refractivity contribution in [3.05, 3.63) is 58.1 Å². The van der Waals surface area contributed by atoms with Crippen molar-refractivity contribution in [3.63, 3.8) is 0 Å². The van der Waals surface area contributed by atoms with Crippen LogP contribution in [0.5, 0.6) is 5.75 Å². The fourth-order valence-electron chi connectivity index (χ4n) is 4.45. The number of nitro benzene ring substituents is 1. The molecule has 0 unspecified atom stereocenters. The van der Waals surface area contributed by atoms with Crippen LogP contribution in [0.15, 0.2) is 47.6 Å². The molecule has 1 aliphatic carbocycles. The largest absolute Gasteiger partial charge is 0.497 e. The van der Waals surface area contributed by atoms with Gasteiger partial charge < -0.3 is 4.74 Å². The van der Waals surface area contributed by atoms with Crippen molar-refractivity contribution in [2.45, 2.75) is 52.0 Å². The zero-order chi connectivity index (χ0) is 22.8. The normalized spacial score (nSPS) is 17.1. The molecular weight excluding hydrogens is 408 g/mol. The summed E-state index contributed by atoms with van der Waals surface area (Å²) in [7, 11) is 1.59. The lowest BCUT2D eigenvalue weighted by Crippen LogP contribution is -2.41. The number of methoxy groups -OCH3 is 1. The lowest BCUT2D eigenvalue weighted by Gasteiger charge is -2.28. The second-order valence-electron chi connectivity index (χ2n) is 8.53. The predicted octanol–water partition coefficient (Wildman–Crippen LogP) is 5.87. The number of non-ortho nitro benzene ring substituents is 1. The standard InChI is InChI=1S/C24H28N4O4/c1-16(2)27-24(29)26(18-9-11-19(12-10-18)28(30)31)22-15-20(32-3)13-14-21(22)23(25-27)17-7-5-4-6-8-17/h9-17H,4-8H2,1-3H3. The topological polar surface area (TPSA) is 88.3 Å². The zero-order valence-corrected chi connectivity index (χ0v) is 18.7. The van der Waals surface area contributed by atoms with Crippen LogP contribution in [-0.4, -0.2) is 34.8 Å². The Morgan fingerprint density at radius 2 is 1.78 bits per heavy atom. The van der Waals surface area contributed by atoms with Crippen LogP contribution in [0.25, 0.3) is 0 Å². The highest BCUT2D eigenvalue weighted by molar-refractivity contribution is 6.14. The second kappa shape index (κ2) is 8.98. The number of urea groups is 1. The fourth-order valence-corrected chi connectivity index (χ4v) is 4.45. The van der Waals surface area contributed by atoms with E-state index in [-0.39, 0.29) is 23.7 Å². The van der Waals surface area contributed by atoms with Gasteiger partial charge in [0.1, 0.15) is 5.75 Å². The average molecular weight is 437 g/mol. The zero-order valence-electron chi connectivity index (χ0n) is 18.7. The van der Waals surface area contributed by atoms with Gasteiger partial charge in [0.2, 0.25) is 0 Å². The number of anilines is 2. The smallest absolute Gasteiger partial charge is 0.349 e. The van der Waals surface area contributed by atoms with E-state index in [9.17, 15) is 14.9 Å². The van der Waals surface area contributed by atoms with Gasteiger partial charge in [-0.3, -0.25) is 15.0 Å². The third kappa shape index (κ3) is 4.04. The van der Waals surface area contributed by atoms with Gasteiger partial charge in [-0.05, 0) is 51.0 Å². The van der Waals surface area contributed by atoms with Gasteiger partial charge in [0.05, 0.1) is 35.2 Å². The Morgan fingerprint density at radius 1 is 1.09 bits per heavy atom. The van der Waals surface area contributed by atoms with Crippen LogP contribution in [0.4, 0.5) is 21.9 Å². The van der Waals surface area contributed by atoms with E-state index in [0.29, 0.717) is 17.1 Å². The van der Waals surface area contributed by atoms with Gasteiger partial charge in [-0.2, -0.15) is 5.10 Å². The maximum Gasteiger partial charge on any atom is 0.349 e. The number of hydrogen-bond donors (Lipinski definition) is 0. The van der Waals surface area contributed by atoms with Gasteiger partial charge in [0, 0.05) is 29.7 Å². The molecule has 32 heavy (non-hydrogen) atoms. The maximum absolute atomic E-state index is 13.8. The molecule has 1 saturated carbocycles. The SMILES string of the molecule is COc1ccc2c(c1)N(c1ccc([N+](=O)[O-])cc1)C(=O)N(C(C)C)N=C2C1CCCCC1. The first-order chi connectivity index (χ1) is 15.4.